The van der Waals surface area contributed by atoms with Crippen molar-refractivity contribution in [2.75, 3.05) is 18.8 Å². The summed E-state index contributed by atoms with van der Waals surface area (Å²) in [7, 11) is -0.496. The van der Waals surface area contributed by atoms with Crippen LogP contribution in [0.4, 0.5) is 5.82 Å². The first-order chi connectivity index (χ1) is 11.4. The second-order valence-corrected chi connectivity index (χ2v) is 7.63. The van der Waals surface area contributed by atoms with Gasteiger partial charge in [0, 0.05) is 25.6 Å². The number of aromatic nitrogens is 2. The van der Waals surface area contributed by atoms with Gasteiger partial charge in [-0.15, -0.1) is 5.10 Å². The molecule has 1 aromatic carbocycles. The molecule has 1 fully saturated rings. The molecule has 8 heteroatoms. The van der Waals surface area contributed by atoms with E-state index in [1.165, 1.54) is 29.2 Å². The molecule has 1 aliphatic rings. The van der Waals surface area contributed by atoms with Crippen LogP contribution in [0.5, 0.6) is 0 Å². The Bertz CT molecular complexity index is 842. The lowest BCUT2D eigenvalue weighted by Gasteiger charge is -2.11. The van der Waals surface area contributed by atoms with E-state index in [0.717, 1.165) is 18.5 Å². The minimum atomic E-state index is -3.77. The Kier molecular flexibility index (Phi) is 4.23. The normalized spacial score (nSPS) is 14.2. The lowest BCUT2D eigenvalue weighted by atomic mass is 10.2. The van der Waals surface area contributed by atoms with Gasteiger partial charge in [0.05, 0.1) is 10.6 Å². The van der Waals surface area contributed by atoms with Gasteiger partial charge >= 0.3 is 0 Å². The zero-order valence-electron chi connectivity index (χ0n) is 13.4. The van der Waals surface area contributed by atoms with Crippen LogP contribution >= 0.6 is 0 Å². The molecule has 1 amide bonds. The van der Waals surface area contributed by atoms with E-state index in [4.69, 9.17) is 0 Å². The Labute approximate surface area is 140 Å². The lowest BCUT2D eigenvalue weighted by Crippen LogP contribution is -2.21. The Balaban J connectivity index is 1.75. The third kappa shape index (κ3) is 3.53. The third-order valence-corrected chi connectivity index (χ3v) is 5.11. The fourth-order valence-corrected chi connectivity index (χ4v) is 3.22. The average molecular weight is 346 g/mol. The highest BCUT2D eigenvalue weighted by Crippen LogP contribution is 2.38. The summed E-state index contributed by atoms with van der Waals surface area (Å²) in [6, 6.07) is 9.16. The van der Waals surface area contributed by atoms with E-state index in [2.05, 4.69) is 14.9 Å². The van der Waals surface area contributed by atoms with E-state index in [9.17, 15) is 13.2 Å². The molecular formula is C16H18N4O3S. The first kappa shape index (κ1) is 16.4. The SMILES string of the molecule is CN(C)C(=O)c1ccc(S(=O)(=O)Nc2ccc(C3CC3)nn2)cc1. The molecule has 0 unspecified atom stereocenters. The number of nitrogens with one attached hydrogen (secondary N) is 1. The summed E-state index contributed by atoms with van der Waals surface area (Å²) in [4.78, 5) is 13.3. The van der Waals surface area contributed by atoms with Gasteiger partial charge in [-0.05, 0) is 49.2 Å². The summed E-state index contributed by atoms with van der Waals surface area (Å²) in [5.74, 6) is 0.450. The predicted molar refractivity (Wildman–Crippen MR) is 89.3 cm³/mol. The van der Waals surface area contributed by atoms with E-state index in [0.29, 0.717) is 11.5 Å². The Morgan fingerprint density at radius 3 is 2.25 bits per heavy atom. The summed E-state index contributed by atoms with van der Waals surface area (Å²) in [5, 5.41) is 7.97. The van der Waals surface area contributed by atoms with Gasteiger partial charge in [0.1, 0.15) is 0 Å². The number of rotatable bonds is 5. The number of amides is 1. The van der Waals surface area contributed by atoms with Crippen molar-refractivity contribution in [3.63, 3.8) is 0 Å². The zero-order chi connectivity index (χ0) is 17.3. The van der Waals surface area contributed by atoms with Gasteiger partial charge in [-0.2, -0.15) is 5.10 Å². The smallest absolute Gasteiger partial charge is 0.263 e. The van der Waals surface area contributed by atoms with Crippen molar-refractivity contribution in [1.82, 2.24) is 15.1 Å². The molecule has 0 radical (unpaired) electrons. The maximum Gasteiger partial charge on any atom is 0.263 e. The van der Waals surface area contributed by atoms with Gasteiger partial charge in [0.25, 0.3) is 15.9 Å². The predicted octanol–water partition coefficient (Wildman–Crippen LogP) is 1.86. The van der Waals surface area contributed by atoms with Crippen molar-refractivity contribution in [3.05, 3.63) is 47.7 Å². The van der Waals surface area contributed by atoms with Gasteiger partial charge in [0.15, 0.2) is 5.82 Å². The molecule has 3 rings (SSSR count). The summed E-state index contributed by atoms with van der Waals surface area (Å²) >= 11 is 0. The molecule has 24 heavy (non-hydrogen) atoms. The minimum absolute atomic E-state index is 0.0610. The molecule has 0 spiro atoms. The van der Waals surface area contributed by atoms with Gasteiger partial charge in [-0.25, -0.2) is 8.42 Å². The number of carbonyl (C=O) groups excluding carboxylic acids is 1. The van der Waals surface area contributed by atoms with Crippen LogP contribution in [0.15, 0.2) is 41.3 Å². The van der Waals surface area contributed by atoms with Gasteiger partial charge in [-0.3, -0.25) is 9.52 Å². The van der Waals surface area contributed by atoms with Crippen molar-refractivity contribution in [2.45, 2.75) is 23.7 Å². The summed E-state index contributed by atoms with van der Waals surface area (Å²) in [6.45, 7) is 0. The first-order valence-corrected chi connectivity index (χ1v) is 9.03. The monoisotopic (exact) mass is 346 g/mol. The van der Waals surface area contributed by atoms with Crippen LogP contribution in [0.1, 0.15) is 34.8 Å². The maximum atomic E-state index is 12.4. The quantitative estimate of drug-likeness (QED) is 0.892. The van der Waals surface area contributed by atoms with Gasteiger partial charge in [-0.1, -0.05) is 0 Å². The number of hydrogen-bond acceptors (Lipinski definition) is 5. The minimum Gasteiger partial charge on any atom is -0.345 e. The van der Waals surface area contributed by atoms with E-state index < -0.39 is 10.0 Å². The van der Waals surface area contributed by atoms with Crippen molar-refractivity contribution in [3.8, 4) is 0 Å². The fraction of sp³-hybridized carbons (Fsp3) is 0.312. The number of hydrogen-bond donors (Lipinski definition) is 1. The number of sulfonamides is 1. The fourth-order valence-electron chi connectivity index (χ4n) is 2.23. The van der Waals surface area contributed by atoms with E-state index in [1.54, 1.807) is 26.2 Å². The molecule has 1 aromatic heterocycles. The second-order valence-electron chi connectivity index (χ2n) is 5.95. The van der Waals surface area contributed by atoms with Crippen LogP contribution in [0.2, 0.25) is 0 Å². The summed E-state index contributed by atoms with van der Waals surface area (Å²) in [6.07, 6.45) is 2.22. The maximum absolute atomic E-state index is 12.4. The topological polar surface area (TPSA) is 92.3 Å². The highest BCUT2D eigenvalue weighted by atomic mass is 32.2. The van der Waals surface area contributed by atoms with E-state index >= 15 is 0 Å². The molecule has 0 atom stereocenters. The Morgan fingerprint density at radius 2 is 1.75 bits per heavy atom. The third-order valence-electron chi connectivity index (χ3n) is 3.74. The highest BCUT2D eigenvalue weighted by Gasteiger charge is 2.25. The molecule has 7 nitrogen and oxygen atoms in total. The molecule has 1 saturated carbocycles. The second kappa shape index (κ2) is 6.20. The van der Waals surface area contributed by atoms with Crippen LogP contribution in [-0.2, 0) is 10.0 Å². The molecule has 0 saturated heterocycles. The summed E-state index contributed by atoms with van der Waals surface area (Å²) in [5.41, 5.74) is 1.32. The van der Waals surface area contributed by atoms with Crippen molar-refractivity contribution >= 4 is 21.7 Å². The largest absolute Gasteiger partial charge is 0.345 e. The molecule has 1 heterocycles. The molecular weight excluding hydrogens is 328 g/mol. The van der Waals surface area contributed by atoms with E-state index in [-0.39, 0.29) is 16.6 Å². The van der Waals surface area contributed by atoms with Crippen molar-refractivity contribution < 1.29 is 13.2 Å². The molecule has 1 aliphatic carbocycles. The Hall–Kier alpha value is -2.48. The average Bonchev–Trinajstić information content (AvgIpc) is 3.39. The number of carbonyl (C=O) groups is 1. The van der Waals surface area contributed by atoms with Crippen LogP contribution in [0, 0.1) is 0 Å². The van der Waals surface area contributed by atoms with E-state index in [1.807, 2.05) is 0 Å². The van der Waals surface area contributed by atoms with Gasteiger partial charge < -0.3 is 4.90 Å². The molecule has 0 bridgehead atoms. The van der Waals surface area contributed by atoms with Gasteiger partial charge in [0.2, 0.25) is 0 Å². The molecule has 126 valence electrons. The standard InChI is InChI=1S/C16H18N4O3S/c1-20(2)16(21)12-5-7-13(8-6-12)24(22,23)19-15-10-9-14(17-18-15)11-3-4-11/h5-11H,3-4H2,1-2H3,(H,18,19). The molecule has 0 aliphatic heterocycles. The highest BCUT2D eigenvalue weighted by molar-refractivity contribution is 7.92. The van der Waals surface area contributed by atoms with Crippen LogP contribution in [-0.4, -0.2) is 43.5 Å². The Morgan fingerprint density at radius 1 is 1.08 bits per heavy atom. The van der Waals surface area contributed by atoms with Crippen molar-refractivity contribution in [1.29, 1.82) is 0 Å². The molecule has 2 aromatic rings. The molecule has 1 N–H and O–H groups in total. The zero-order valence-corrected chi connectivity index (χ0v) is 14.2. The lowest BCUT2D eigenvalue weighted by molar-refractivity contribution is 0.0827. The number of nitrogens with zero attached hydrogens (tertiary/aromatic N) is 3. The number of anilines is 1. The number of benzene rings is 1. The van der Waals surface area contributed by atoms with Crippen LogP contribution in [0.25, 0.3) is 0 Å². The first-order valence-electron chi connectivity index (χ1n) is 7.55. The summed E-state index contributed by atoms with van der Waals surface area (Å²) < 4.78 is 27.1. The van der Waals surface area contributed by atoms with Crippen LogP contribution < -0.4 is 4.72 Å². The van der Waals surface area contributed by atoms with Crippen molar-refractivity contribution in [2.24, 2.45) is 0 Å². The van der Waals surface area contributed by atoms with Crippen LogP contribution in [0.3, 0.4) is 0 Å².